The maximum absolute atomic E-state index is 6.05. The Kier molecular flexibility index (Phi) is 1.97. The number of nitrogens with one attached hydrogen (secondary N) is 1. The quantitative estimate of drug-likeness (QED) is 0.685. The largest absolute Gasteiger partial charge is 0.313 e. The Morgan fingerprint density at radius 1 is 1.29 bits per heavy atom. The van der Waals surface area contributed by atoms with Gasteiger partial charge in [-0.25, -0.2) is 15.0 Å². The lowest BCUT2D eigenvalue weighted by Gasteiger charge is -2.18. The van der Waals surface area contributed by atoms with Gasteiger partial charge in [0.25, 0.3) is 0 Å². The third-order valence-electron chi connectivity index (χ3n) is 1.94. The highest BCUT2D eigenvalue weighted by atomic mass is 15.2. The second-order valence-corrected chi connectivity index (χ2v) is 3.11. The van der Waals surface area contributed by atoms with Crippen molar-refractivity contribution in [2.45, 2.75) is 12.5 Å². The summed E-state index contributed by atoms with van der Waals surface area (Å²) in [6, 6.07) is 1.74. The van der Waals surface area contributed by atoms with Crippen molar-refractivity contribution in [3.05, 3.63) is 36.4 Å². The molecule has 0 saturated heterocycles. The van der Waals surface area contributed by atoms with Gasteiger partial charge in [0.1, 0.15) is 11.9 Å². The molecule has 2 heterocycles. The van der Waals surface area contributed by atoms with Gasteiger partial charge in [0.15, 0.2) is 11.6 Å². The average Bonchev–Trinajstić information content (AvgIpc) is 2.72. The zero-order valence-corrected chi connectivity index (χ0v) is 7.68. The van der Waals surface area contributed by atoms with Crippen LogP contribution in [0.15, 0.2) is 24.8 Å². The Hall–Kier alpha value is -1.82. The second kappa shape index (κ2) is 3.15. The smallest absolute Gasteiger partial charge is 0.155 e. The van der Waals surface area contributed by atoms with Gasteiger partial charge in [0, 0.05) is 12.4 Å². The van der Waals surface area contributed by atoms with E-state index in [1.165, 1.54) is 6.33 Å². The number of nitrogens with zero attached hydrogens (tertiary/aromatic N) is 4. The van der Waals surface area contributed by atoms with Crippen molar-refractivity contribution in [2.75, 3.05) is 0 Å². The van der Waals surface area contributed by atoms with E-state index >= 15 is 0 Å². The van der Waals surface area contributed by atoms with E-state index in [1.54, 1.807) is 25.4 Å². The van der Waals surface area contributed by atoms with Crippen LogP contribution in [0.1, 0.15) is 18.6 Å². The molecule has 0 aromatic carbocycles. The van der Waals surface area contributed by atoms with E-state index in [-0.39, 0.29) is 0 Å². The van der Waals surface area contributed by atoms with Gasteiger partial charge in [-0.1, -0.05) is 0 Å². The number of hydrogen-bond donors (Lipinski definition) is 2. The third-order valence-corrected chi connectivity index (χ3v) is 1.94. The summed E-state index contributed by atoms with van der Waals surface area (Å²) in [5.74, 6) is 1.06. The molecular weight excluding hydrogens is 180 g/mol. The van der Waals surface area contributed by atoms with Crippen LogP contribution < -0.4 is 5.73 Å². The topological polar surface area (TPSA) is 93.4 Å². The number of aromatic amines is 1. The van der Waals surface area contributed by atoms with Crippen molar-refractivity contribution in [1.82, 2.24) is 25.1 Å². The van der Waals surface area contributed by atoms with Crippen molar-refractivity contribution < 1.29 is 0 Å². The van der Waals surface area contributed by atoms with Crippen molar-refractivity contribution in [2.24, 2.45) is 5.73 Å². The van der Waals surface area contributed by atoms with E-state index in [0.717, 1.165) is 0 Å². The molecule has 0 aliphatic carbocycles. The number of rotatable bonds is 2. The first kappa shape index (κ1) is 8.76. The fraction of sp³-hybridized carbons (Fsp3) is 0.250. The summed E-state index contributed by atoms with van der Waals surface area (Å²) in [4.78, 5) is 12.2. The monoisotopic (exact) mass is 190 g/mol. The molecule has 3 N–H and O–H groups in total. The van der Waals surface area contributed by atoms with Gasteiger partial charge >= 0.3 is 0 Å². The van der Waals surface area contributed by atoms with E-state index in [9.17, 15) is 0 Å². The van der Waals surface area contributed by atoms with Crippen LogP contribution in [0.3, 0.4) is 0 Å². The minimum absolute atomic E-state index is 0.511. The molecule has 2 aromatic rings. The Bertz CT molecular complexity index is 393. The molecule has 0 aliphatic rings. The zero-order chi connectivity index (χ0) is 10.0. The molecule has 0 radical (unpaired) electrons. The molecule has 6 nitrogen and oxygen atoms in total. The highest BCUT2D eigenvalue weighted by Gasteiger charge is 2.29. The average molecular weight is 190 g/mol. The molecule has 1 atom stereocenters. The van der Waals surface area contributed by atoms with Crippen LogP contribution in [-0.2, 0) is 5.54 Å². The summed E-state index contributed by atoms with van der Waals surface area (Å²) in [6.07, 6.45) is 4.69. The summed E-state index contributed by atoms with van der Waals surface area (Å²) in [7, 11) is 0. The first-order chi connectivity index (χ1) is 6.71. The molecule has 1 unspecified atom stereocenters. The highest BCUT2D eigenvalue weighted by Crippen LogP contribution is 2.18. The maximum atomic E-state index is 6.05. The summed E-state index contributed by atoms with van der Waals surface area (Å²) in [5.41, 5.74) is 5.21. The highest BCUT2D eigenvalue weighted by molar-refractivity contribution is 5.15. The normalized spacial score (nSPS) is 15.0. The maximum Gasteiger partial charge on any atom is 0.155 e. The number of hydrogen-bond acceptors (Lipinski definition) is 5. The molecule has 0 saturated carbocycles. The van der Waals surface area contributed by atoms with Crippen molar-refractivity contribution in [3.63, 3.8) is 0 Å². The number of H-pyrrole nitrogens is 1. The number of nitrogens with two attached hydrogens (primary N) is 1. The number of aromatic nitrogens is 5. The molecular formula is C8H10N6. The minimum atomic E-state index is -0.836. The van der Waals surface area contributed by atoms with E-state index < -0.39 is 5.54 Å². The van der Waals surface area contributed by atoms with Crippen LogP contribution in [-0.4, -0.2) is 25.1 Å². The molecule has 0 amide bonds. The van der Waals surface area contributed by atoms with Crippen LogP contribution in [0, 0.1) is 0 Å². The predicted octanol–water partition coefficient (Wildman–Crippen LogP) is -0.183. The summed E-state index contributed by atoms with van der Waals surface area (Å²) < 4.78 is 0. The van der Waals surface area contributed by atoms with E-state index in [2.05, 4.69) is 25.1 Å². The standard InChI is InChI=1S/C8H10N6/c1-8(9,7-12-5-13-14-7)6-10-3-2-4-11-6/h2-5H,9H2,1H3,(H,12,13,14). The third kappa shape index (κ3) is 1.35. The van der Waals surface area contributed by atoms with E-state index in [4.69, 9.17) is 5.73 Å². The zero-order valence-electron chi connectivity index (χ0n) is 7.68. The van der Waals surface area contributed by atoms with Crippen LogP contribution in [0.25, 0.3) is 0 Å². The molecule has 0 bridgehead atoms. The van der Waals surface area contributed by atoms with Crippen molar-refractivity contribution in [3.8, 4) is 0 Å². The molecule has 2 aromatic heterocycles. The summed E-state index contributed by atoms with van der Waals surface area (Å²) in [6.45, 7) is 1.78. The lowest BCUT2D eigenvalue weighted by Crippen LogP contribution is -2.37. The van der Waals surface area contributed by atoms with Gasteiger partial charge in [-0.2, -0.15) is 5.10 Å². The first-order valence-electron chi connectivity index (χ1n) is 4.13. The van der Waals surface area contributed by atoms with Crippen LogP contribution in [0.2, 0.25) is 0 Å². The van der Waals surface area contributed by atoms with Gasteiger partial charge in [-0.05, 0) is 13.0 Å². The fourth-order valence-corrected chi connectivity index (χ4v) is 1.13. The van der Waals surface area contributed by atoms with Gasteiger partial charge in [-0.15, -0.1) is 0 Å². The molecule has 0 fully saturated rings. The molecule has 0 aliphatic heterocycles. The fourth-order valence-electron chi connectivity index (χ4n) is 1.13. The second-order valence-electron chi connectivity index (χ2n) is 3.11. The predicted molar refractivity (Wildman–Crippen MR) is 49.1 cm³/mol. The van der Waals surface area contributed by atoms with Gasteiger partial charge in [-0.3, -0.25) is 5.10 Å². The van der Waals surface area contributed by atoms with E-state index in [0.29, 0.717) is 11.6 Å². The van der Waals surface area contributed by atoms with E-state index in [1.807, 2.05) is 0 Å². The van der Waals surface area contributed by atoms with Crippen LogP contribution in [0.4, 0.5) is 0 Å². The van der Waals surface area contributed by atoms with Crippen molar-refractivity contribution >= 4 is 0 Å². The Morgan fingerprint density at radius 2 is 2.00 bits per heavy atom. The first-order valence-corrected chi connectivity index (χ1v) is 4.13. The van der Waals surface area contributed by atoms with Crippen LogP contribution >= 0.6 is 0 Å². The lowest BCUT2D eigenvalue weighted by molar-refractivity contribution is 0.522. The Morgan fingerprint density at radius 3 is 2.57 bits per heavy atom. The van der Waals surface area contributed by atoms with Crippen molar-refractivity contribution in [1.29, 1.82) is 0 Å². The molecule has 0 spiro atoms. The van der Waals surface area contributed by atoms with Gasteiger partial charge in [0.2, 0.25) is 0 Å². The minimum Gasteiger partial charge on any atom is -0.313 e. The van der Waals surface area contributed by atoms with Gasteiger partial charge in [0.05, 0.1) is 0 Å². The van der Waals surface area contributed by atoms with Crippen LogP contribution in [0.5, 0.6) is 0 Å². The molecule has 14 heavy (non-hydrogen) atoms. The SMILES string of the molecule is CC(N)(c1ncccn1)c1ncn[nH]1. The summed E-state index contributed by atoms with van der Waals surface area (Å²) >= 11 is 0. The Labute approximate surface area is 80.6 Å². The summed E-state index contributed by atoms with van der Waals surface area (Å²) in [5, 5.41) is 6.45. The van der Waals surface area contributed by atoms with Gasteiger partial charge < -0.3 is 5.73 Å². The molecule has 2 rings (SSSR count). The Balaban J connectivity index is 2.43. The molecule has 6 heteroatoms. The molecule has 72 valence electrons. The lowest BCUT2D eigenvalue weighted by atomic mass is 10.0.